The lowest BCUT2D eigenvalue weighted by molar-refractivity contribution is -0.179. The minimum absolute atomic E-state index is 0.0962. The van der Waals surface area contributed by atoms with Gasteiger partial charge in [0.15, 0.2) is 0 Å². The molecule has 1 amide bonds. The van der Waals surface area contributed by atoms with Crippen molar-refractivity contribution in [3.05, 3.63) is 35.4 Å². The fourth-order valence-corrected chi connectivity index (χ4v) is 4.77. The molecule has 0 radical (unpaired) electrons. The molecule has 1 aliphatic heterocycles. The number of amides is 1. The predicted octanol–water partition coefficient (Wildman–Crippen LogP) is 2.39. The van der Waals surface area contributed by atoms with Gasteiger partial charge in [-0.2, -0.15) is 0 Å². The van der Waals surface area contributed by atoms with Crippen molar-refractivity contribution in [2.24, 2.45) is 11.3 Å². The quantitative estimate of drug-likeness (QED) is 0.870. The average molecular weight is 329 g/mol. The maximum Gasteiger partial charge on any atom is 0.335 e. The van der Waals surface area contributed by atoms with E-state index >= 15 is 0 Å². The van der Waals surface area contributed by atoms with Crippen molar-refractivity contribution in [1.82, 2.24) is 5.32 Å². The van der Waals surface area contributed by atoms with Gasteiger partial charge in [0.05, 0.1) is 11.7 Å². The smallest absolute Gasteiger partial charge is 0.335 e. The summed E-state index contributed by atoms with van der Waals surface area (Å²) in [6, 6.07) is 7.04. The van der Waals surface area contributed by atoms with Crippen LogP contribution in [-0.2, 0) is 16.0 Å². The van der Waals surface area contributed by atoms with Crippen LogP contribution in [-0.4, -0.2) is 35.7 Å². The summed E-state index contributed by atoms with van der Waals surface area (Å²) in [7, 11) is 0. The second kappa shape index (κ2) is 5.88. The Balaban J connectivity index is 1.31. The molecule has 5 heteroatoms. The number of fused-ring (bicyclic) bond motifs is 2. The van der Waals surface area contributed by atoms with Gasteiger partial charge >= 0.3 is 5.97 Å². The molecule has 2 saturated carbocycles. The van der Waals surface area contributed by atoms with E-state index in [-0.39, 0.29) is 16.9 Å². The van der Waals surface area contributed by atoms with Crippen LogP contribution in [0.15, 0.2) is 24.3 Å². The summed E-state index contributed by atoms with van der Waals surface area (Å²) >= 11 is 0. The number of rotatable bonds is 5. The highest BCUT2D eigenvalue weighted by molar-refractivity contribution is 5.87. The number of carbonyl (C=O) groups is 2. The van der Waals surface area contributed by atoms with E-state index in [4.69, 9.17) is 9.84 Å². The first kappa shape index (κ1) is 15.6. The second-order valence-corrected chi connectivity index (χ2v) is 7.38. The molecule has 1 aromatic rings. The fourth-order valence-electron chi connectivity index (χ4n) is 4.77. The van der Waals surface area contributed by atoms with E-state index in [0.29, 0.717) is 30.9 Å². The number of hydrogen-bond acceptors (Lipinski definition) is 3. The van der Waals surface area contributed by atoms with Crippen molar-refractivity contribution in [3.63, 3.8) is 0 Å². The van der Waals surface area contributed by atoms with E-state index < -0.39 is 5.97 Å². The van der Waals surface area contributed by atoms with Gasteiger partial charge in [-0.25, -0.2) is 4.79 Å². The standard InChI is InChI=1S/C19H23NO4/c21-15(7-4-12-2-5-13(6-3-12)18(22)23)20-16-14-8-11-24-17(14)19(16)9-1-10-19/h2-3,5-6,14,16-17H,1,4,7-11H2,(H,20,21)(H,22,23). The van der Waals surface area contributed by atoms with Crippen molar-refractivity contribution in [3.8, 4) is 0 Å². The average Bonchev–Trinajstić information content (AvgIpc) is 2.95. The summed E-state index contributed by atoms with van der Waals surface area (Å²) in [6.07, 6.45) is 6.11. The number of carboxylic acids is 1. The third kappa shape index (κ3) is 2.42. The lowest BCUT2D eigenvalue weighted by Gasteiger charge is -2.63. The van der Waals surface area contributed by atoms with Crippen LogP contribution in [0.25, 0.3) is 0 Å². The largest absolute Gasteiger partial charge is 0.478 e. The van der Waals surface area contributed by atoms with Crippen LogP contribution in [0.1, 0.15) is 48.0 Å². The number of aromatic carboxylic acids is 1. The summed E-state index contributed by atoms with van der Waals surface area (Å²) in [5.74, 6) is -0.327. The zero-order chi connectivity index (χ0) is 16.7. The molecule has 1 spiro atoms. The summed E-state index contributed by atoms with van der Waals surface area (Å²) in [4.78, 5) is 23.2. The van der Waals surface area contributed by atoms with Crippen molar-refractivity contribution in [2.75, 3.05) is 6.61 Å². The van der Waals surface area contributed by atoms with Crippen LogP contribution in [0.3, 0.4) is 0 Å². The molecule has 3 aliphatic rings. The fraction of sp³-hybridized carbons (Fsp3) is 0.579. The molecule has 0 aromatic heterocycles. The van der Waals surface area contributed by atoms with E-state index in [1.807, 2.05) is 0 Å². The number of benzene rings is 1. The van der Waals surface area contributed by atoms with Crippen molar-refractivity contribution >= 4 is 11.9 Å². The topological polar surface area (TPSA) is 75.6 Å². The normalized spacial score (nSPS) is 29.4. The minimum Gasteiger partial charge on any atom is -0.478 e. The molecule has 1 heterocycles. The van der Waals surface area contributed by atoms with Crippen LogP contribution in [0, 0.1) is 11.3 Å². The van der Waals surface area contributed by atoms with Gasteiger partial charge in [-0.15, -0.1) is 0 Å². The van der Waals surface area contributed by atoms with Gasteiger partial charge < -0.3 is 15.2 Å². The van der Waals surface area contributed by atoms with E-state index in [1.165, 1.54) is 19.3 Å². The monoisotopic (exact) mass is 329 g/mol. The van der Waals surface area contributed by atoms with Gasteiger partial charge in [0.1, 0.15) is 0 Å². The molecular weight excluding hydrogens is 306 g/mol. The molecule has 3 fully saturated rings. The van der Waals surface area contributed by atoms with Crippen LogP contribution < -0.4 is 5.32 Å². The minimum atomic E-state index is -0.927. The van der Waals surface area contributed by atoms with Gasteiger partial charge in [-0.1, -0.05) is 18.6 Å². The van der Waals surface area contributed by atoms with Gasteiger partial charge in [0.25, 0.3) is 0 Å². The Morgan fingerprint density at radius 3 is 2.62 bits per heavy atom. The maximum atomic E-state index is 12.4. The molecule has 2 N–H and O–H groups in total. The first-order valence-electron chi connectivity index (χ1n) is 8.83. The SMILES string of the molecule is O=C(CCc1ccc(C(=O)O)cc1)NC1C2CCOC2C12CCC2. The molecule has 24 heavy (non-hydrogen) atoms. The zero-order valence-electron chi connectivity index (χ0n) is 13.7. The third-order valence-electron chi connectivity index (χ3n) is 6.19. The molecule has 0 bridgehead atoms. The molecule has 2 aliphatic carbocycles. The van der Waals surface area contributed by atoms with Crippen molar-refractivity contribution < 1.29 is 19.4 Å². The summed E-state index contributed by atoms with van der Waals surface area (Å²) in [5, 5.41) is 12.2. The van der Waals surface area contributed by atoms with Gasteiger partial charge in [0.2, 0.25) is 5.91 Å². The lowest BCUT2D eigenvalue weighted by atomic mass is 9.46. The van der Waals surface area contributed by atoms with E-state index in [1.54, 1.807) is 24.3 Å². The Labute approximate surface area is 141 Å². The van der Waals surface area contributed by atoms with Crippen molar-refractivity contribution in [2.45, 2.75) is 50.7 Å². The highest BCUT2D eigenvalue weighted by Gasteiger charge is 2.66. The zero-order valence-corrected chi connectivity index (χ0v) is 13.7. The number of aryl methyl sites for hydroxylation is 1. The van der Waals surface area contributed by atoms with Crippen LogP contribution >= 0.6 is 0 Å². The summed E-state index contributed by atoms with van der Waals surface area (Å²) < 4.78 is 5.88. The highest BCUT2D eigenvalue weighted by Crippen LogP contribution is 2.62. The Hall–Kier alpha value is -1.88. The van der Waals surface area contributed by atoms with E-state index in [0.717, 1.165) is 18.6 Å². The summed E-state index contributed by atoms with van der Waals surface area (Å²) in [5.41, 5.74) is 1.49. The highest BCUT2D eigenvalue weighted by atomic mass is 16.5. The van der Waals surface area contributed by atoms with Crippen LogP contribution in [0.5, 0.6) is 0 Å². The van der Waals surface area contributed by atoms with E-state index in [2.05, 4.69) is 5.32 Å². The molecular formula is C19H23NO4. The first-order chi connectivity index (χ1) is 11.6. The second-order valence-electron chi connectivity index (χ2n) is 7.38. The molecule has 1 aromatic carbocycles. The molecule has 5 nitrogen and oxygen atoms in total. The Morgan fingerprint density at radius 1 is 1.25 bits per heavy atom. The molecule has 3 atom stereocenters. The van der Waals surface area contributed by atoms with Gasteiger partial charge in [0, 0.05) is 30.4 Å². The van der Waals surface area contributed by atoms with E-state index in [9.17, 15) is 9.59 Å². The number of ether oxygens (including phenoxy) is 1. The number of nitrogens with one attached hydrogen (secondary N) is 1. The molecule has 4 rings (SSSR count). The predicted molar refractivity (Wildman–Crippen MR) is 87.8 cm³/mol. The molecule has 3 unspecified atom stereocenters. The first-order valence-corrected chi connectivity index (χ1v) is 8.83. The van der Waals surface area contributed by atoms with Crippen LogP contribution in [0.4, 0.5) is 0 Å². The number of carboxylic acid groups (broad SMARTS) is 1. The van der Waals surface area contributed by atoms with Gasteiger partial charge in [-0.3, -0.25) is 4.79 Å². The summed E-state index contributed by atoms with van der Waals surface area (Å²) in [6.45, 7) is 0.833. The van der Waals surface area contributed by atoms with Crippen molar-refractivity contribution in [1.29, 1.82) is 0 Å². The lowest BCUT2D eigenvalue weighted by Crippen LogP contribution is -2.71. The number of carbonyl (C=O) groups excluding carboxylic acids is 1. The van der Waals surface area contributed by atoms with Crippen LogP contribution in [0.2, 0.25) is 0 Å². The Morgan fingerprint density at radius 2 is 2.00 bits per heavy atom. The molecule has 1 saturated heterocycles. The Kier molecular flexibility index (Phi) is 3.83. The van der Waals surface area contributed by atoms with Gasteiger partial charge in [-0.05, 0) is 43.4 Å². The molecule has 128 valence electrons. The maximum absolute atomic E-state index is 12.4. The third-order valence-corrected chi connectivity index (χ3v) is 6.19. The Bertz CT molecular complexity index is 650. The number of hydrogen-bond donors (Lipinski definition) is 2.